The van der Waals surface area contributed by atoms with Gasteiger partial charge < -0.3 is 0 Å². The van der Waals surface area contributed by atoms with Crippen LogP contribution in [-0.4, -0.2) is 31.0 Å². The Bertz CT molecular complexity index is 398. The summed E-state index contributed by atoms with van der Waals surface area (Å²) in [5.74, 6) is 0. The van der Waals surface area contributed by atoms with Crippen LogP contribution < -0.4 is 0 Å². The van der Waals surface area contributed by atoms with Crippen LogP contribution in [0.4, 0.5) is 0 Å². The molecule has 0 aliphatic rings. The molecular formula is H2N2O11S2. The first-order valence-corrected chi connectivity index (χ1v) is 5.01. The molecule has 0 aromatic heterocycles. The van der Waals surface area contributed by atoms with Crippen molar-refractivity contribution in [1.82, 2.24) is 0 Å². The smallest absolute Gasteiger partial charge is 0.265 e. The summed E-state index contributed by atoms with van der Waals surface area (Å²) in [4.78, 5) is 17.9. The second-order valence-corrected chi connectivity index (χ2v) is 3.31. The van der Waals surface area contributed by atoms with Crippen LogP contribution >= 0.6 is 0 Å². The highest BCUT2D eigenvalue weighted by Crippen LogP contribution is 1.83. The van der Waals surface area contributed by atoms with E-state index in [1.165, 1.54) is 5.34 Å². The molecule has 0 bridgehead atoms. The van der Waals surface area contributed by atoms with Crippen LogP contribution in [-0.2, 0) is 29.4 Å². The molecule has 0 heterocycles. The van der Waals surface area contributed by atoms with Gasteiger partial charge in [-0.15, -0.1) is 15.0 Å². The maximum Gasteiger partial charge on any atom is 0.468 e. The van der Waals surface area contributed by atoms with E-state index in [-0.39, 0.29) is 0 Å². The molecular weight excluding hydrogens is 268 g/mol. The van der Waals surface area contributed by atoms with Crippen LogP contribution in [0.5, 0.6) is 0 Å². The summed E-state index contributed by atoms with van der Waals surface area (Å²) in [7, 11) is -9.58. The van der Waals surface area contributed by atoms with Gasteiger partial charge >= 0.3 is 25.9 Å². The lowest BCUT2D eigenvalue weighted by Gasteiger charge is -1.86. The van der Waals surface area contributed by atoms with E-state index in [4.69, 9.17) is 24.1 Å². The van der Waals surface area contributed by atoms with E-state index >= 15 is 0 Å². The second-order valence-electron chi connectivity index (χ2n) is 1.30. The zero-order valence-electron chi connectivity index (χ0n) is 6.28. The predicted molar refractivity (Wildman–Crippen MR) is 38.1 cm³/mol. The van der Waals surface area contributed by atoms with Crippen LogP contribution in [0.2, 0.25) is 0 Å². The average Bonchev–Trinajstić information content (AvgIpc) is 1.77. The zero-order chi connectivity index (χ0) is 12.7. The summed E-state index contributed by atoms with van der Waals surface area (Å²) >= 11 is 0. The van der Waals surface area contributed by atoms with Crippen LogP contribution in [0.15, 0.2) is 5.34 Å². The maximum atomic E-state index is 9.33. The molecule has 0 amide bonds. The van der Waals surface area contributed by atoms with Gasteiger partial charge in [-0.05, 0) is 0 Å². The molecule has 0 aromatic carbocycles. The van der Waals surface area contributed by atoms with E-state index in [9.17, 15) is 16.8 Å². The van der Waals surface area contributed by atoms with Gasteiger partial charge in [0.2, 0.25) is 0 Å². The fourth-order valence-electron chi connectivity index (χ4n) is 0.115. The van der Waals surface area contributed by atoms with Gasteiger partial charge in [0.25, 0.3) is 0 Å². The van der Waals surface area contributed by atoms with Crippen molar-refractivity contribution in [1.29, 1.82) is 0 Å². The van der Waals surface area contributed by atoms with Crippen molar-refractivity contribution in [2.45, 2.75) is 0 Å². The SMILES string of the molecule is O=NOS(=O)(=O)O.O=[N+]([O-])OS(=O)(=O)O. The van der Waals surface area contributed by atoms with Crippen LogP contribution in [0.25, 0.3) is 0 Å². The van der Waals surface area contributed by atoms with Crippen molar-refractivity contribution in [3.05, 3.63) is 15.0 Å². The van der Waals surface area contributed by atoms with Crippen molar-refractivity contribution in [3.8, 4) is 0 Å². The maximum absolute atomic E-state index is 9.33. The zero-order valence-corrected chi connectivity index (χ0v) is 7.91. The van der Waals surface area contributed by atoms with Crippen molar-refractivity contribution in [3.63, 3.8) is 0 Å². The van der Waals surface area contributed by atoms with Gasteiger partial charge in [0.05, 0.1) is 0 Å². The Balaban J connectivity index is 0. The predicted octanol–water partition coefficient (Wildman–Crippen LogP) is -1.52. The lowest BCUT2D eigenvalue weighted by molar-refractivity contribution is -0.713. The molecule has 0 fully saturated rings. The Morgan fingerprint density at radius 1 is 1.13 bits per heavy atom. The van der Waals surface area contributed by atoms with E-state index in [0.717, 1.165) is 0 Å². The summed E-state index contributed by atoms with van der Waals surface area (Å²) in [6.45, 7) is 0. The highest BCUT2D eigenvalue weighted by Gasteiger charge is 2.08. The molecule has 0 rings (SSSR count). The Labute approximate surface area is 81.5 Å². The molecule has 0 aromatic rings. The van der Waals surface area contributed by atoms with Crippen LogP contribution in [0.1, 0.15) is 0 Å². The summed E-state index contributed by atoms with van der Waals surface area (Å²) < 4.78 is 57.7. The molecule has 0 unspecified atom stereocenters. The number of rotatable bonds is 4. The quantitative estimate of drug-likeness (QED) is 0.260. The van der Waals surface area contributed by atoms with Gasteiger partial charge in [-0.3, -0.25) is 9.11 Å². The van der Waals surface area contributed by atoms with Gasteiger partial charge in [0.15, 0.2) is 5.34 Å². The van der Waals surface area contributed by atoms with Gasteiger partial charge in [0, 0.05) is 0 Å². The molecule has 0 aliphatic carbocycles. The lowest BCUT2D eigenvalue weighted by Crippen LogP contribution is -2.08. The fourth-order valence-corrected chi connectivity index (χ4v) is 0.346. The molecule has 2 N–H and O–H groups in total. The average molecular weight is 270 g/mol. The Hall–Kier alpha value is -1.58. The van der Waals surface area contributed by atoms with Gasteiger partial charge in [-0.1, -0.05) is 0 Å². The van der Waals surface area contributed by atoms with Crippen LogP contribution in [0, 0.1) is 15.0 Å². The first kappa shape index (κ1) is 15.9. The molecule has 15 heavy (non-hydrogen) atoms. The topological polar surface area (TPSA) is 200 Å². The summed E-state index contributed by atoms with van der Waals surface area (Å²) in [6.07, 6.45) is 0. The van der Waals surface area contributed by atoms with Crippen molar-refractivity contribution in [2.24, 2.45) is 5.34 Å². The Kier molecular flexibility index (Phi) is 6.36. The molecule has 0 spiro atoms. The molecule has 0 saturated carbocycles. The van der Waals surface area contributed by atoms with Crippen molar-refractivity contribution >= 4 is 20.8 Å². The van der Waals surface area contributed by atoms with Gasteiger partial charge in [-0.2, -0.15) is 21.1 Å². The van der Waals surface area contributed by atoms with E-state index in [1.54, 1.807) is 0 Å². The highest BCUT2D eigenvalue weighted by molar-refractivity contribution is 7.81. The monoisotopic (exact) mass is 270 g/mol. The van der Waals surface area contributed by atoms with Gasteiger partial charge in [0.1, 0.15) is 0 Å². The lowest BCUT2D eigenvalue weighted by atomic mass is 13.1. The molecule has 0 radical (unpaired) electrons. The Morgan fingerprint density at radius 2 is 1.53 bits per heavy atom. The molecule has 0 aliphatic heterocycles. The minimum Gasteiger partial charge on any atom is -0.265 e. The highest BCUT2D eigenvalue weighted by atomic mass is 32.3. The minimum absolute atomic E-state index is 1.42. The van der Waals surface area contributed by atoms with E-state index in [2.05, 4.69) is 8.57 Å². The summed E-state index contributed by atoms with van der Waals surface area (Å²) in [6, 6.07) is 0. The number of hydrogen-bond acceptors (Lipinski definition) is 10. The molecule has 0 atom stereocenters. The Morgan fingerprint density at radius 3 is 1.53 bits per heavy atom. The molecule has 90 valence electrons. The molecule has 15 heteroatoms. The standard InChI is InChI=1S/HNO6S.HNO5S/c2-1(3)7-8(4,5)6;2-1-6-7(3,4)5/h(H,4,5,6);(H,3,4,5). The first-order chi connectivity index (χ1) is 6.48. The normalized spacial score (nSPS) is 10.5. The van der Waals surface area contributed by atoms with E-state index in [0.29, 0.717) is 0 Å². The number of hydrogen-bond donors (Lipinski definition) is 2. The number of nitrogens with zero attached hydrogens (tertiary/aromatic N) is 2. The van der Waals surface area contributed by atoms with E-state index < -0.39 is 25.9 Å². The largest absolute Gasteiger partial charge is 0.468 e. The first-order valence-electron chi connectivity index (χ1n) is 2.28. The third-order valence-electron chi connectivity index (χ3n) is 0.280. The third-order valence-corrected chi connectivity index (χ3v) is 0.839. The third kappa shape index (κ3) is 24.5. The van der Waals surface area contributed by atoms with Crippen molar-refractivity contribution < 1.29 is 39.6 Å². The van der Waals surface area contributed by atoms with Crippen LogP contribution in [0.3, 0.4) is 0 Å². The molecule has 13 nitrogen and oxygen atoms in total. The summed E-state index contributed by atoms with van der Waals surface area (Å²) in [5, 5.41) is 8.85. The second kappa shape index (κ2) is 6.01. The van der Waals surface area contributed by atoms with Crippen molar-refractivity contribution in [2.75, 3.05) is 0 Å². The minimum atomic E-state index is -4.92. The van der Waals surface area contributed by atoms with Gasteiger partial charge in [-0.25, -0.2) is 4.28 Å². The summed E-state index contributed by atoms with van der Waals surface area (Å²) in [5.41, 5.74) is 0. The fraction of sp³-hybridized carbons (Fsp3) is 0. The molecule has 0 saturated heterocycles. The van der Waals surface area contributed by atoms with E-state index in [1.807, 2.05) is 0 Å².